The molecule has 5 heteroatoms. The minimum absolute atomic E-state index is 0.0860. The largest absolute Gasteiger partial charge is 0.300 e. The van der Waals surface area contributed by atoms with E-state index in [2.05, 4.69) is 5.32 Å². The van der Waals surface area contributed by atoms with Crippen molar-refractivity contribution in [2.75, 3.05) is 0 Å². The maximum Gasteiger partial charge on any atom is 0.235 e. The van der Waals surface area contributed by atoms with E-state index in [4.69, 9.17) is 12.2 Å². The maximum absolute atomic E-state index is 11.1. The molecular formula is C8H9NO3S. The first-order chi connectivity index (χ1) is 6.00. The number of carbonyl (C=O) groups excluding carboxylic acids is 3. The van der Waals surface area contributed by atoms with Gasteiger partial charge in [0.2, 0.25) is 11.8 Å². The van der Waals surface area contributed by atoms with Crippen LogP contribution in [-0.2, 0) is 14.4 Å². The third-order valence-corrected chi connectivity index (χ3v) is 2.21. The lowest BCUT2D eigenvalue weighted by molar-refractivity contribution is -0.125. The van der Waals surface area contributed by atoms with E-state index >= 15 is 0 Å². The lowest BCUT2D eigenvalue weighted by Crippen LogP contribution is -2.26. The van der Waals surface area contributed by atoms with Crippen molar-refractivity contribution in [2.24, 2.45) is 5.92 Å². The lowest BCUT2D eigenvalue weighted by Gasteiger charge is -2.04. The summed E-state index contributed by atoms with van der Waals surface area (Å²) in [5, 5.41) is 2.14. The van der Waals surface area contributed by atoms with Crippen molar-refractivity contribution in [1.29, 1.82) is 0 Å². The average Bonchev–Trinajstić information content (AvgIpc) is 2.28. The Morgan fingerprint density at radius 3 is 2.62 bits per heavy atom. The number of rotatable bonds is 3. The Morgan fingerprint density at radius 2 is 2.23 bits per heavy atom. The predicted molar refractivity (Wildman–Crippen MR) is 49.2 cm³/mol. The van der Waals surface area contributed by atoms with E-state index in [9.17, 15) is 14.4 Å². The second-order valence-electron chi connectivity index (χ2n) is 3.01. The zero-order chi connectivity index (χ0) is 10.0. The Morgan fingerprint density at radius 1 is 1.62 bits per heavy atom. The summed E-state index contributed by atoms with van der Waals surface area (Å²) in [6, 6.07) is 0. The fourth-order valence-electron chi connectivity index (χ4n) is 1.18. The minimum atomic E-state index is -0.577. The number of nitrogens with one attached hydrogen (secondary N) is 1. The molecule has 0 aromatic heterocycles. The normalized spacial score (nSPS) is 21.5. The van der Waals surface area contributed by atoms with Crippen molar-refractivity contribution >= 4 is 34.7 Å². The SMILES string of the molecule is CC(=O)CC(=S)[C@H]1CC(=O)NC1=O. The van der Waals surface area contributed by atoms with Crippen molar-refractivity contribution in [1.82, 2.24) is 5.32 Å². The molecule has 1 aliphatic rings. The summed E-state index contributed by atoms with van der Waals surface area (Å²) in [6.07, 6.45) is 0.186. The van der Waals surface area contributed by atoms with Crippen LogP contribution in [0.25, 0.3) is 0 Å². The van der Waals surface area contributed by atoms with E-state index in [0.29, 0.717) is 4.86 Å². The number of ketones is 1. The van der Waals surface area contributed by atoms with E-state index < -0.39 is 5.92 Å². The Labute approximate surface area is 80.7 Å². The van der Waals surface area contributed by atoms with Gasteiger partial charge in [-0.1, -0.05) is 12.2 Å². The molecule has 1 atom stereocenters. The molecule has 1 fully saturated rings. The molecule has 0 unspecified atom stereocenters. The highest BCUT2D eigenvalue weighted by atomic mass is 32.1. The lowest BCUT2D eigenvalue weighted by atomic mass is 10.00. The van der Waals surface area contributed by atoms with Crippen molar-refractivity contribution in [3.05, 3.63) is 0 Å². The van der Waals surface area contributed by atoms with E-state index in [0.717, 1.165) is 0 Å². The monoisotopic (exact) mass is 199 g/mol. The highest BCUT2D eigenvalue weighted by Gasteiger charge is 2.33. The Bertz CT molecular complexity index is 298. The molecule has 1 rings (SSSR count). The molecule has 1 heterocycles. The smallest absolute Gasteiger partial charge is 0.235 e. The Kier molecular flexibility index (Phi) is 2.87. The van der Waals surface area contributed by atoms with Gasteiger partial charge in [-0.3, -0.25) is 19.7 Å². The van der Waals surface area contributed by atoms with Crippen LogP contribution < -0.4 is 5.32 Å². The van der Waals surface area contributed by atoms with Crippen LogP contribution in [0.5, 0.6) is 0 Å². The first kappa shape index (κ1) is 9.98. The summed E-state index contributed by atoms with van der Waals surface area (Å²) in [5.74, 6) is -1.36. The fourth-order valence-corrected chi connectivity index (χ4v) is 1.58. The molecule has 0 spiro atoms. The summed E-state index contributed by atoms with van der Waals surface area (Å²) >= 11 is 4.89. The van der Waals surface area contributed by atoms with Crippen molar-refractivity contribution < 1.29 is 14.4 Å². The molecule has 2 amide bonds. The quantitative estimate of drug-likeness (QED) is 0.513. The fraction of sp³-hybridized carbons (Fsp3) is 0.500. The zero-order valence-electron chi connectivity index (χ0n) is 7.12. The second-order valence-corrected chi connectivity index (χ2v) is 3.54. The predicted octanol–water partition coefficient (Wildman–Crippen LogP) is -0.00190. The van der Waals surface area contributed by atoms with Crippen LogP contribution in [0.3, 0.4) is 0 Å². The Balaban J connectivity index is 2.62. The van der Waals surface area contributed by atoms with Gasteiger partial charge in [0.25, 0.3) is 0 Å². The molecular weight excluding hydrogens is 190 g/mol. The third-order valence-electron chi connectivity index (χ3n) is 1.78. The van der Waals surface area contributed by atoms with Gasteiger partial charge in [-0.25, -0.2) is 0 Å². The molecule has 0 aromatic rings. The van der Waals surface area contributed by atoms with Crippen LogP contribution in [0.2, 0.25) is 0 Å². The summed E-state index contributed by atoms with van der Waals surface area (Å²) < 4.78 is 0. The van der Waals surface area contributed by atoms with E-state index in [-0.39, 0.29) is 30.4 Å². The molecule has 0 aromatic carbocycles. The molecule has 1 aliphatic heterocycles. The maximum atomic E-state index is 11.1. The molecule has 0 radical (unpaired) electrons. The van der Waals surface area contributed by atoms with E-state index in [1.807, 2.05) is 0 Å². The third kappa shape index (κ3) is 2.42. The molecule has 0 saturated carbocycles. The van der Waals surface area contributed by atoms with Crippen molar-refractivity contribution in [3.8, 4) is 0 Å². The Hall–Kier alpha value is -1.10. The van der Waals surface area contributed by atoms with E-state index in [1.54, 1.807) is 0 Å². The van der Waals surface area contributed by atoms with E-state index in [1.165, 1.54) is 6.92 Å². The van der Waals surface area contributed by atoms with Gasteiger partial charge in [0, 0.05) is 17.7 Å². The highest BCUT2D eigenvalue weighted by molar-refractivity contribution is 7.80. The van der Waals surface area contributed by atoms with Crippen LogP contribution >= 0.6 is 12.2 Å². The molecule has 1 N–H and O–H groups in total. The van der Waals surface area contributed by atoms with Gasteiger partial charge in [-0.15, -0.1) is 0 Å². The molecule has 0 aliphatic carbocycles. The van der Waals surface area contributed by atoms with Gasteiger partial charge >= 0.3 is 0 Å². The van der Waals surface area contributed by atoms with Gasteiger partial charge in [-0.05, 0) is 6.92 Å². The standard InChI is InChI=1S/C8H9NO3S/c1-4(10)2-6(13)5-3-7(11)9-8(5)12/h5H,2-3H2,1H3,(H,9,11,12)/t5-/m1/s1. The molecule has 0 bridgehead atoms. The molecule has 4 nitrogen and oxygen atoms in total. The average molecular weight is 199 g/mol. The summed E-state index contributed by atoms with van der Waals surface area (Å²) in [6.45, 7) is 1.40. The first-order valence-corrected chi connectivity index (χ1v) is 4.27. The van der Waals surface area contributed by atoms with Gasteiger partial charge in [-0.2, -0.15) is 0 Å². The second kappa shape index (κ2) is 3.74. The number of hydrogen-bond donors (Lipinski definition) is 1. The summed E-state index contributed by atoms with van der Waals surface area (Å²) in [5.41, 5.74) is 0. The minimum Gasteiger partial charge on any atom is -0.300 e. The van der Waals surface area contributed by atoms with Crippen LogP contribution in [0.1, 0.15) is 19.8 Å². The number of carbonyl (C=O) groups is 3. The van der Waals surface area contributed by atoms with Crippen molar-refractivity contribution in [3.63, 3.8) is 0 Å². The molecule has 1 saturated heterocycles. The number of amides is 2. The number of thiocarbonyl (C=S) groups is 1. The van der Waals surface area contributed by atoms with Gasteiger partial charge < -0.3 is 0 Å². The van der Waals surface area contributed by atoms with Crippen LogP contribution in [0, 0.1) is 5.92 Å². The highest BCUT2D eigenvalue weighted by Crippen LogP contribution is 2.15. The van der Waals surface area contributed by atoms with Crippen LogP contribution in [-0.4, -0.2) is 22.5 Å². The molecule has 70 valence electrons. The first-order valence-electron chi connectivity index (χ1n) is 3.86. The van der Waals surface area contributed by atoms with Crippen molar-refractivity contribution in [2.45, 2.75) is 19.8 Å². The zero-order valence-corrected chi connectivity index (χ0v) is 7.94. The van der Waals surface area contributed by atoms with Gasteiger partial charge in [0.05, 0.1) is 5.92 Å². The summed E-state index contributed by atoms with van der Waals surface area (Å²) in [7, 11) is 0. The number of hydrogen-bond acceptors (Lipinski definition) is 4. The number of Topliss-reactive ketones (excluding diaryl/α,β-unsaturated/α-hetero) is 1. The number of imide groups is 1. The molecule has 13 heavy (non-hydrogen) atoms. The van der Waals surface area contributed by atoms with Crippen LogP contribution in [0.15, 0.2) is 0 Å². The van der Waals surface area contributed by atoms with Crippen LogP contribution in [0.4, 0.5) is 0 Å². The van der Waals surface area contributed by atoms with Gasteiger partial charge in [0.1, 0.15) is 5.78 Å². The van der Waals surface area contributed by atoms with Gasteiger partial charge in [0.15, 0.2) is 0 Å². The topological polar surface area (TPSA) is 63.2 Å². The summed E-state index contributed by atoms with van der Waals surface area (Å²) in [4.78, 5) is 32.9.